The lowest BCUT2D eigenvalue weighted by Crippen LogP contribution is -2.35. The molecular weight excluding hydrogens is 236 g/mol. The van der Waals surface area contributed by atoms with Gasteiger partial charge in [0.05, 0.1) is 0 Å². The first-order chi connectivity index (χ1) is 9.24. The third-order valence-electron chi connectivity index (χ3n) is 3.96. The fourth-order valence-corrected chi connectivity index (χ4v) is 2.93. The van der Waals surface area contributed by atoms with E-state index in [2.05, 4.69) is 35.3 Å². The zero-order valence-corrected chi connectivity index (χ0v) is 12.4. The second-order valence-electron chi connectivity index (χ2n) is 5.55. The van der Waals surface area contributed by atoms with Crippen molar-refractivity contribution in [3.63, 3.8) is 0 Å². The van der Waals surface area contributed by atoms with Crippen LogP contribution in [0.5, 0.6) is 0 Å². The van der Waals surface area contributed by atoms with E-state index in [1.807, 2.05) is 7.05 Å². The van der Waals surface area contributed by atoms with E-state index in [0.717, 1.165) is 32.2 Å². The monoisotopic (exact) mass is 262 g/mol. The molecule has 2 rings (SSSR count). The maximum absolute atomic E-state index is 5.27. The molecule has 1 N–H and O–H groups in total. The Hall–Kier alpha value is -1.06. The fraction of sp³-hybridized carbons (Fsp3) is 0.625. The van der Waals surface area contributed by atoms with Gasteiger partial charge < -0.3 is 15.0 Å². The van der Waals surface area contributed by atoms with Gasteiger partial charge in [-0.2, -0.15) is 0 Å². The second-order valence-corrected chi connectivity index (χ2v) is 5.55. The molecule has 3 heteroatoms. The summed E-state index contributed by atoms with van der Waals surface area (Å²) in [5.74, 6) is 0.736. The minimum atomic E-state index is 0.736. The summed E-state index contributed by atoms with van der Waals surface area (Å²) in [5, 5.41) is 3.27. The van der Waals surface area contributed by atoms with E-state index in [0.29, 0.717) is 0 Å². The Morgan fingerprint density at radius 3 is 2.68 bits per heavy atom. The van der Waals surface area contributed by atoms with E-state index in [9.17, 15) is 0 Å². The minimum absolute atomic E-state index is 0.736. The van der Waals surface area contributed by atoms with Crippen LogP contribution in [0, 0.1) is 12.8 Å². The number of hydrogen-bond donors (Lipinski definition) is 1. The number of piperidine rings is 1. The molecule has 1 fully saturated rings. The molecule has 1 aliphatic heterocycles. The van der Waals surface area contributed by atoms with Gasteiger partial charge in [0.15, 0.2) is 0 Å². The van der Waals surface area contributed by atoms with Crippen LogP contribution in [-0.4, -0.2) is 33.9 Å². The molecule has 0 saturated carbocycles. The first kappa shape index (κ1) is 14.4. The number of ether oxygens (including phenoxy) is 1. The van der Waals surface area contributed by atoms with E-state index < -0.39 is 0 Å². The average molecular weight is 262 g/mol. The van der Waals surface area contributed by atoms with Crippen molar-refractivity contribution in [2.24, 2.45) is 5.92 Å². The molecule has 0 unspecified atom stereocenters. The van der Waals surface area contributed by atoms with Crippen LogP contribution < -0.4 is 10.2 Å². The van der Waals surface area contributed by atoms with Gasteiger partial charge in [-0.15, -0.1) is 0 Å². The van der Waals surface area contributed by atoms with Gasteiger partial charge in [0.1, 0.15) is 0 Å². The molecule has 1 heterocycles. The molecule has 0 radical (unpaired) electrons. The number of nitrogens with zero attached hydrogens (tertiary/aromatic N) is 1. The van der Waals surface area contributed by atoms with Gasteiger partial charge in [0, 0.05) is 39.0 Å². The van der Waals surface area contributed by atoms with E-state index in [1.165, 1.54) is 29.7 Å². The minimum Gasteiger partial charge on any atom is -0.384 e. The van der Waals surface area contributed by atoms with Crippen LogP contribution >= 0.6 is 0 Å². The fourth-order valence-electron chi connectivity index (χ4n) is 2.93. The molecule has 19 heavy (non-hydrogen) atoms. The van der Waals surface area contributed by atoms with Crippen molar-refractivity contribution in [3.05, 3.63) is 29.3 Å². The zero-order chi connectivity index (χ0) is 13.7. The second kappa shape index (κ2) is 6.92. The van der Waals surface area contributed by atoms with Crippen molar-refractivity contribution >= 4 is 5.69 Å². The van der Waals surface area contributed by atoms with E-state index in [-0.39, 0.29) is 0 Å². The van der Waals surface area contributed by atoms with Crippen LogP contribution in [0.3, 0.4) is 0 Å². The molecule has 0 aromatic heterocycles. The van der Waals surface area contributed by atoms with Gasteiger partial charge in [-0.3, -0.25) is 0 Å². The smallest absolute Gasteiger partial charge is 0.0491 e. The highest BCUT2D eigenvalue weighted by atomic mass is 16.5. The molecule has 1 aromatic rings. The molecule has 3 nitrogen and oxygen atoms in total. The summed E-state index contributed by atoms with van der Waals surface area (Å²) in [6.45, 7) is 6.30. The van der Waals surface area contributed by atoms with Crippen molar-refractivity contribution in [2.45, 2.75) is 26.3 Å². The van der Waals surface area contributed by atoms with E-state index in [4.69, 9.17) is 4.74 Å². The number of aryl methyl sites for hydroxylation is 1. The lowest BCUT2D eigenvalue weighted by atomic mass is 9.96. The summed E-state index contributed by atoms with van der Waals surface area (Å²) in [6, 6.07) is 6.79. The van der Waals surface area contributed by atoms with Crippen molar-refractivity contribution in [1.82, 2.24) is 5.32 Å². The quantitative estimate of drug-likeness (QED) is 0.882. The topological polar surface area (TPSA) is 24.5 Å². The largest absolute Gasteiger partial charge is 0.384 e. The summed E-state index contributed by atoms with van der Waals surface area (Å²) in [7, 11) is 3.81. The Morgan fingerprint density at radius 1 is 1.32 bits per heavy atom. The SMILES string of the molecule is CNCc1cc(C)ccc1N1CCC(COC)CC1. The normalized spacial score (nSPS) is 16.9. The first-order valence-corrected chi connectivity index (χ1v) is 7.22. The molecule has 0 amide bonds. The molecule has 1 aliphatic rings. The maximum Gasteiger partial charge on any atom is 0.0491 e. The zero-order valence-electron chi connectivity index (χ0n) is 12.4. The molecule has 0 spiro atoms. The van der Waals surface area contributed by atoms with Gasteiger partial charge in [-0.25, -0.2) is 0 Å². The molecule has 106 valence electrons. The number of anilines is 1. The summed E-state index contributed by atoms with van der Waals surface area (Å²) in [5.41, 5.74) is 4.15. The molecule has 1 aromatic carbocycles. The maximum atomic E-state index is 5.27. The number of nitrogens with one attached hydrogen (secondary N) is 1. The predicted molar refractivity (Wildman–Crippen MR) is 80.8 cm³/mol. The predicted octanol–water partition coefficient (Wildman–Crippen LogP) is 2.58. The van der Waals surface area contributed by atoms with Crippen molar-refractivity contribution in [2.75, 3.05) is 38.8 Å². The van der Waals surface area contributed by atoms with Crippen LogP contribution in [0.15, 0.2) is 18.2 Å². The van der Waals surface area contributed by atoms with E-state index >= 15 is 0 Å². The summed E-state index contributed by atoms with van der Waals surface area (Å²) in [4.78, 5) is 2.53. The highest BCUT2D eigenvalue weighted by molar-refractivity contribution is 5.55. The van der Waals surface area contributed by atoms with E-state index in [1.54, 1.807) is 7.11 Å². The Kier molecular flexibility index (Phi) is 5.23. The Morgan fingerprint density at radius 2 is 2.05 bits per heavy atom. The van der Waals surface area contributed by atoms with Gasteiger partial charge in [-0.1, -0.05) is 17.7 Å². The Balaban J connectivity index is 2.06. The number of rotatable bonds is 5. The lowest BCUT2D eigenvalue weighted by molar-refractivity contribution is 0.139. The standard InChI is InChI=1S/C16H26N2O/c1-13-4-5-16(15(10-13)11-17-2)18-8-6-14(7-9-18)12-19-3/h4-5,10,14,17H,6-9,11-12H2,1-3H3. The summed E-state index contributed by atoms with van der Waals surface area (Å²) >= 11 is 0. The molecule has 1 saturated heterocycles. The van der Waals surface area contributed by atoms with Gasteiger partial charge in [0.25, 0.3) is 0 Å². The third-order valence-corrected chi connectivity index (χ3v) is 3.96. The van der Waals surface area contributed by atoms with Crippen LogP contribution in [0.1, 0.15) is 24.0 Å². The van der Waals surface area contributed by atoms with Crippen LogP contribution in [0.25, 0.3) is 0 Å². The number of benzene rings is 1. The van der Waals surface area contributed by atoms with Gasteiger partial charge in [0.2, 0.25) is 0 Å². The summed E-state index contributed by atoms with van der Waals surface area (Å²) < 4.78 is 5.27. The molecular formula is C16H26N2O. The highest BCUT2D eigenvalue weighted by Crippen LogP contribution is 2.27. The molecule has 0 atom stereocenters. The highest BCUT2D eigenvalue weighted by Gasteiger charge is 2.20. The van der Waals surface area contributed by atoms with Gasteiger partial charge >= 0.3 is 0 Å². The molecule has 0 aliphatic carbocycles. The van der Waals surface area contributed by atoms with Crippen LogP contribution in [0.2, 0.25) is 0 Å². The number of hydrogen-bond acceptors (Lipinski definition) is 3. The Bertz CT molecular complexity index is 398. The van der Waals surface area contributed by atoms with Gasteiger partial charge in [-0.05, 0) is 44.4 Å². The summed E-state index contributed by atoms with van der Waals surface area (Å²) in [6.07, 6.45) is 2.47. The average Bonchev–Trinajstić information content (AvgIpc) is 2.41. The van der Waals surface area contributed by atoms with Crippen LogP contribution in [-0.2, 0) is 11.3 Å². The first-order valence-electron chi connectivity index (χ1n) is 7.22. The van der Waals surface area contributed by atoms with Crippen molar-refractivity contribution in [1.29, 1.82) is 0 Å². The number of methoxy groups -OCH3 is 1. The molecule has 0 bridgehead atoms. The van der Waals surface area contributed by atoms with Crippen molar-refractivity contribution in [3.8, 4) is 0 Å². The van der Waals surface area contributed by atoms with Crippen LogP contribution in [0.4, 0.5) is 5.69 Å². The Labute approximate surface area is 116 Å². The van der Waals surface area contributed by atoms with Crippen molar-refractivity contribution < 1.29 is 4.74 Å². The third kappa shape index (κ3) is 3.71. The lowest BCUT2D eigenvalue weighted by Gasteiger charge is -2.34.